The van der Waals surface area contributed by atoms with Crippen molar-refractivity contribution in [3.8, 4) is 17.0 Å². The van der Waals surface area contributed by atoms with Crippen LogP contribution in [0.5, 0.6) is 5.88 Å². The predicted octanol–water partition coefficient (Wildman–Crippen LogP) is 4.21. The van der Waals surface area contributed by atoms with E-state index in [4.69, 9.17) is 15.2 Å². The van der Waals surface area contributed by atoms with Crippen LogP contribution in [0, 0.1) is 5.92 Å². The van der Waals surface area contributed by atoms with Gasteiger partial charge in [0.15, 0.2) is 0 Å². The SMILES string of the molecule is CCC(CCCOc1c(-c2cc(C(=O)OC)cn(C)c2=O)cnn1C)CNc1cc(Br)ccc1N. The number of pyridine rings is 1. The molecule has 0 spiro atoms. The van der Waals surface area contributed by atoms with Crippen LogP contribution in [0.25, 0.3) is 11.1 Å². The van der Waals surface area contributed by atoms with E-state index in [9.17, 15) is 9.59 Å². The molecule has 3 N–H and O–H groups in total. The second kappa shape index (κ2) is 11.9. The van der Waals surface area contributed by atoms with Gasteiger partial charge >= 0.3 is 5.97 Å². The summed E-state index contributed by atoms with van der Waals surface area (Å²) >= 11 is 3.48. The van der Waals surface area contributed by atoms with Gasteiger partial charge in [0.25, 0.3) is 5.56 Å². The van der Waals surface area contributed by atoms with Gasteiger partial charge in [0.1, 0.15) is 0 Å². The van der Waals surface area contributed by atoms with E-state index in [-0.39, 0.29) is 11.1 Å². The maximum absolute atomic E-state index is 12.8. The van der Waals surface area contributed by atoms with E-state index in [1.165, 1.54) is 23.9 Å². The first-order valence-corrected chi connectivity index (χ1v) is 12.3. The van der Waals surface area contributed by atoms with Crippen molar-refractivity contribution in [1.82, 2.24) is 14.3 Å². The third kappa shape index (κ3) is 6.45. The first-order chi connectivity index (χ1) is 16.7. The first kappa shape index (κ1) is 26.3. The highest BCUT2D eigenvalue weighted by atomic mass is 79.9. The number of rotatable bonds is 11. The van der Waals surface area contributed by atoms with Crippen LogP contribution in [-0.4, -0.2) is 40.6 Å². The van der Waals surface area contributed by atoms with Gasteiger partial charge in [0, 0.05) is 31.3 Å². The van der Waals surface area contributed by atoms with Gasteiger partial charge < -0.3 is 25.1 Å². The Kier molecular flexibility index (Phi) is 8.97. The summed E-state index contributed by atoms with van der Waals surface area (Å²) in [5.41, 5.74) is 8.61. The quantitative estimate of drug-likeness (QED) is 0.210. The average Bonchev–Trinajstić information content (AvgIpc) is 3.21. The Morgan fingerprint density at radius 1 is 1.26 bits per heavy atom. The van der Waals surface area contributed by atoms with E-state index < -0.39 is 5.97 Å². The highest BCUT2D eigenvalue weighted by Gasteiger charge is 2.19. The van der Waals surface area contributed by atoms with E-state index in [2.05, 4.69) is 33.3 Å². The van der Waals surface area contributed by atoms with Crippen molar-refractivity contribution < 1.29 is 14.3 Å². The standard InChI is InChI=1S/C25H32BrN5O4/c1-5-16(13-28-22-12-18(26)8-9-21(22)27)7-6-10-35-24-20(14-29-31(24)3)19-11-17(25(33)34-4)15-30(2)23(19)32/h8-9,11-12,14-16,28H,5-7,10,13,27H2,1-4H3. The van der Waals surface area contributed by atoms with Gasteiger partial charge in [-0.1, -0.05) is 29.3 Å². The minimum atomic E-state index is -0.517. The number of hydrogen-bond donors (Lipinski definition) is 2. The van der Waals surface area contributed by atoms with Gasteiger partial charge in [-0.2, -0.15) is 5.10 Å². The van der Waals surface area contributed by atoms with E-state index in [1.807, 2.05) is 18.2 Å². The number of aryl methyl sites for hydroxylation is 2. The van der Waals surface area contributed by atoms with Crippen LogP contribution < -0.4 is 21.3 Å². The summed E-state index contributed by atoms with van der Waals surface area (Å²) in [4.78, 5) is 24.8. The molecule has 9 nitrogen and oxygen atoms in total. The minimum Gasteiger partial charge on any atom is -0.477 e. The lowest BCUT2D eigenvalue weighted by atomic mass is 10.0. The second-order valence-electron chi connectivity index (χ2n) is 8.41. The Balaban J connectivity index is 1.64. The number of nitrogen functional groups attached to an aromatic ring is 1. The summed E-state index contributed by atoms with van der Waals surface area (Å²) < 4.78 is 14.8. The highest BCUT2D eigenvalue weighted by molar-refractivity contribution is 9.10. The molecule has 0 saturated heterocycles. The summed E-state index contributed by atoms with van der Waals surface area (Å²) in [5.74, 6) is 0.418. The lowest BCUT2D eigenvalue weighted by Gasteiger charge is -2.18. The number of nitrogens with one attached hydrogen (secondary N) is 1. The Hall–Kier alpha value is -3.27. The molecule has 0 fully saturated rings. The number of nitrogens with zero attached hydrogens (tertiary/aromatic N) is 3. The number of carbonyl (C=O) groups excluding carboxylic acids is 1. The van der Waals surface area contributed by atoms with Gasteiger partial charge in [-0.15, -0.1) is 0 Å². The molecule has 188 valence electrons. The Bertz CT molecular complexity index is 1240. The van der Waals surface area contributed by atoms with Gasteiger partial charge in [-0.05, 0) is 43.0 Å². The minimum absolute atomic E-state index is 0.251. The van der Waals surface area contributed by atoms with Crippen molar-refractivity contribution in [3.05, 3.63) is 57.0 Å². The molecule has 0 aliphatic rings. The lowest BCUT2D eigenvalue weighted by molar-refractivity contribution is 0.0599. The second-order valence-corrected chi connectivity index (χ2v) is 9.33. The number of ether oxygens (including phenoxy) is 2. The normalized spacial score (nSPS) is 11.8. The van der Waals surface area contributed by atoms with Crippen molar-refractivity contribution in [2.45, 2.75) is 26.2 Å². The Morgan fingerprint density at radius 3 is 2.74 bits per heavy atom. The molecule has 2 heterocycles. The molecule has 1 aromatic carbocycles. The summed E-state index contributed by atoms with van der Waals surface area (Å²) in [7, 11) is 4.66. The molecule has 1 unspecified atom stereocenters. The molecule has 3 aromatic rings. The maximum atomic E-state index is 12.8. The number of benzene rings is 1. The largest absolute Gasteiger partial charge is 0.477 e. The molecule has 0 saturated carbocycles. The van der Waals surface area contributed by atoms with Crippen LogP contribution in [-0.2, 0) is 18.8 Å². The third-order valence-electron chi connectivity index (χ3n) is 5.95. The van der Waals surface area contributed by atoms with Crippen LogP contribution in [0.15, 0.2) is 45.9 Å². The molecule has 0 bridgehead atoms. The van der Waals surface area contributed by atoms with Crippen LogP contribution in [0.3, 0.4) is 0 Å². The molecule has 0 radical (unpaired) electrons. The van der Waals surface area contributed by atoms with E-state index >= 15 is 0 Å². The maximum Gasteiger partial charge on any atom is 0.339 e. The van der Waals surface area contributed by atoms with E-state index in [0.717, 1.165) is 41.7 Å². The molecule has 1 atom stereocenters. The Labute approximate surface area is 213 Å². The Morgan fingerprint density at radius 2 is 2.03 bits per heavy atom. The lowest BCUT2D eigenvalue weighted by Crippen LogP contribution is -2.20. The van der Waals surface area contributed by atoms with Gasteiger partial charge in [0.05, 0.1) is 48.0 Å². The molecule has 0 aliphatic carbocycles. The molecule has 3 rings (SSSR count). The zero-order valence-corrected chi connectivity index (χ0v) is 22.1. The number of carbonyl (C=O) groups is 1. The average molecular weight is 546 g/mol. The van der Waals surface area contributed by atoms with Crippen molar-refractivity contribution in [1.29, 1.82) is 0 Å². The van der Waals surface area contributed by atoms with Gasteiger partial charge in [-0.25, -0.2) is 9.48 Å². The summed E-state index contributed by atoms with van der Waals surface area (Å²) in [6.45, 7) is 3.45. The van der Waals surface area contributed by atoms with E-state index in [1.54, 1.807) is 25.0 Å². The molecule has 0 amide bonds. The molecule has 0 aliphatic heterocycles. The molecular formula is C25H32BrN5O4. The fourth-order valence-electron chi connectivity index (χ4n) is 3.84. The summed E-state index contributed by atoms with van der Waals surface area (Å²) in [6, 6.07) is 7.29. The zero-order chi connectivity index (χ0) is 25.5. The van der Waals surface area contributed by atoms with Crippen LogP contribution in [0.1, 0.15) is 36.5 Å². The smallest absolute Gasteiger partial charge is 0.339 e. The van der Waals surface area contributed by atoms with Crippen LogP contribution >= 0.6 is 15.9 Å². The first-order valence-electron chi connectivity index (χ1n) is 11.5. The summed E-state index contributed by atoms with van der Waals surface area (Å²) in [6.07, 6.45) is 5.85. The van der Waals surface area contributed by atoms with Crippen molar-refractivity contribution in [2.75, 3.05) is 31.3 Å². The molecule has 35 heavy (non-hydrogen) atoms. The monoisotopic (exact) mass is 545 g/mol. The van der Waals surface area contributed by atoms with E-state index in [0.29, 0.717) is 29.5 Å². The number of esters is 1. The molecular weight excluding hydrogens is 514 g/mol. The van der Waals surface area contributed by atoms with Crippen molar-refractivity contribution in [3.63, 3.8) is 0 Å². The molecule has 2 aromatic heterocycles. The number of halogens is 1. The summed E-state index contributed by atoms with van der Waals surface area (Å²) in [5, 5.41) is 7.71. The fraction of sp³-hybridized carbons (Fsp3) is 0.400. The number of nitrogens with two attached hydrogens (primary N) is 1. The van der Waals surface area contributed by atoms with Crippen molar-refractivity contribution in [2.24, 2.45) is 20.0 Å². The zero-order valence-electron chi connectivity index (χ0n) is 20.5. The predicted molar refractivity (Wildman–Crippen MR) is 141 cm³/mol. The van der Waals surface area contributed by atoms with Crippen molar-refractivity contribution >= 4 is 33.3 Å². The number of aromatic nitrogens is 3. The van der Waals surface area contributed by atoms with Gasteiger partial charge in [0.2, 0.25) is 5.88 Å². The number of methoxy groups -OCH3 is 1. The number of anilines is 2. The molecule has 10 heteroatoms. The fourth-order valence-corrected chi connectivity index (χ4v) is 4.20. The van der Waals surface area contributed by atoms with Crippen LogP contribution in [0.4, 0.5) is 11.4 Å². The highest BCUT2D eigenvalue weighted by Crippen LogP contribution is 2.28. The topological polar surface area (TPSA) is 113 Å². The van der Waals surface area contributed by atoms with Gasteiger partial charge in [-0.3, -0.25) is 4.79 Å². The third-order valence-corrected chi connectivity index (χ3v) is 6.44. The van der Waals surface area contributed by atoms with Crippen LogP contribution in [0.2, 0.25) is 0 Å². The number of hydrogen-bond acceptors (Lipinski definition) is 7.